The average molecular weight is 492 g/mol. The fourth-order valence-electron chi connectivity index (χ4n) is 4.58. The van der Waals surface area contributed by atoms with Crippen molar-refractivity contribution in [3.63, 3.8) is 0 Å². The van der Waals surface area contributed by atoms with E-state index in [0.29, 0.717) is 15.6 Å². The second kappa shape index (κ2) is 8.92. The second-order valence-electron chi connectivity index (χ2n) is 8.56. The molecule has 1 aromatic carbocycles. The van der Waals surface area contributed by atoms with Crippen LogP contribution in [0.5, 0.6) is 0 Å². The monoisotopic (exact) mass is 491 g/mol. The normalized spacial score (nSPS) is 18.2. The summed E-state index contributed by atoms with van der Waals surface area (Å²) in [6.07, 6.45) is 5.79. The van der Waals surface area contributed by atoms with Crippen LogP contribution in [0.25, 0.3) is 11.1 Å². The molecule has 1 aliphatic heterocycles. The Morgan fingerprint density at radius 2 is 1.88 bits per heavy atom. The molecule has 3 aromatic rings. The van der Waals surface area contributed by atoms with Crippen LogP contribution < -0.4 is 0 Å². The van der Waals surface area contributed by atoms with Gasteiger partial charge < -0.3 is 9.67 Å². The second-order valence-corrected chi connectivity index (χ2v) is 10.7. The van der Waals surface area contributed by atoms with Gasteiger partial charge in [0, 0.05) is 23.3 Å². The first-order chi connectivity index (χ1) is 16.3. The number of nitrogens with zero attached hydrogens (tertiary/aromatic N) is 3. The van der Waals surface area contributed by atoms with Gasteiger partial charge in [-0.05, 0) is 86.7 Å². The maximum absolute atomic E-state index is 12.9. The molecule has 0 unspecified atom stereocenters. The Morgan fingerprint density at radius 3 is 2.62 bits per heavy atom. The number of hydrogen-bond acceptors (Lipinski definition) is 5. The van der Waals surface area contributed by atoms with Gasteiger partial charge in [0.2, 0.25) is 0 Å². The predicted octanol–water partition coefficient (Wildman–Crippen LogP) is 5.97. The highest BCUT2D eigenvalue weighted by atomic mass is 32.2. The molecule has 1 fully saturated rings. The molecule has 34 heavy (non-hydrogen) atoms. The molecule has 8 heteroatoms. The number of carboxylic acid groups (broad SMARTS) is 1. The van der Waals surface area contributed by atoms with Crippen LogP contribution in [0.4, 0.5) is 5.69 Å². The quantitative estimate of drug-likeness (QED) is 0.457. The Morgan fingerprint density at radius 1 is 1.15 bits per heavy atom. The van der Waals surface area contributed by atoms with E-state index < -0.39 is 5.97 Å². The molecule has 6 nitrogen and oxygen atoms in total. The van der Waals surface area contributed by atoms with Crippen LogP contribution >= 0.6 is 23.1 Å². The largest absolute Gasteiger partial charge is 0.478 e. The molecule has 1 amide bonds. The molecular weight excluding hydrogens is 466 g/mol. The summed E-state index contributed by atoms with van der Waals surface area (Å²) in [5.74, 6) is -0.964. The van der Waals surface area contributed by atoms with Gasteiger partial charge in [0.25, 0.3) is 5.91 Å². The Bertz CT molecular complexity index is 1370. The number of aromatic carboxylic acids is 1. The number of amidine groups is 1. The molecule has 2 aromatic heterocycles. The van der Waals surface area contributed by atoms with Gasteiger partial charge in [-0.1, -0.05) is 18.2 Å². The summed E-state index contributed by atoms with van der Waals surface area (Å²) in [6, 6.07) is 11.6. The highest BCUT2D eigenvalue weighted by molar-refractivity contribution is 8.18. The van der Waals surface area contributed by atoms with Gasteiger partial charge in [-0.25, -0.2) is 9.79 Å². The summed E-state index contributed by atoms with van der Waals surface area (Å²) in [6.45, 7) is 3.97. The Hall–Kier alpha value is -3.10. The summed E-state index contributed by atoms with van der Waals surface area (Å²) in [5, 5.41) is 11.4. The molecule has 0 spiro atoms. The van der Waals surface area contributed by atoms with Gasteiger partial charge >= 0.3 is 5.97 Å². The number of para-hydroxylation sites is 1. The SMILES string of the molecule is Cc1cc(/C=C2\SC(=Nc3ccccc3)N(C)C2=O)c(C)n1-c1sc2c(c1C(=O)O)CCCC2. The van der Waals surface area contributed by atoms with Crippen molar-refractivity contribution in [3.05, 3.63) is 74.3 Å². The number of hydrogen-bond donors (Lipinski definition) is 1. The number of carboxylic acids is 1. The number of aliphatic imine (C=N–C) groups is 1. The highest BCUT2D eigenvalue weighted by Crippen LogP contribution is 2.40. The lowest BCUT2D eigenvalue weighted by Crippen LogP contribution is -2.23. The number of aryl methyl sites for hydroxylation is 2. The third-order valence-corrected chi connectivity index (χ3v) is 8.65. The molecule has 0 saturated carbocycles. The van der Waals surface area contributed by atoms with E-state index in [0.717, 1.165) is 58.9 Å². The number of carbonyl (C=O) groups is 2. The van der Waals surface area contributed by atoms with E-state index in [-0.39, 0.29) is 5.91 Å². The van der Waals surface area contributed by atoms with E-state index in [2.05, 4.69) is 4.99 Å². The maximum Gasteiger partial charge on any atom is 0.339 e. The van der Waals surface area contributed by atoms with Crippen molar-refractivity contribution in [2.45, 2.75) is 39.5 Å². The number of benzene rings is 1. The molecule has 1 N–H and O–H groups in total. The van der Waals surface area contributed by atoms with Crippen molar-refractivity contribution in [1.82, 2.24) is 9.47 Å². The Kier molecular flexibility index (Phi) is 5.95. The molecule has 0 atom stereocenters. The van der Waals surface area contributed by atoms with Crippen LogP contribution in [-0.4, -0.2) is 38.7 Å². The number of thiophene rings is 1. The van der Waals surface area contributed by atoms with Crippen molar-refractivity contribution < 1.29 is 14.7 Å². The Labute approximate surface area is 206 Å². The molecule has 0 radical (unpaired) electrons. The van der Waals surface area contributed by atoms with Crippen LogP contribution in [0.3, 0.4) is 0 Å². The summed E-state index contributed by atoms with van der Waals surface area (Å²) in [4.78, 5) is 33.1. The van der Waals surface area contributed by atoms with E-state index in [9.17, 15) is 14.7 Å². The summed E-state index contributed by atoms with van der Waals surface area (Å²) < 4.78 is 2.03. The van der Waals surface area contributed by atoms with Gasteiger partial charge in [0.1, 0.15) is 5.00 Å². The summed E-state index contributed by atoms with van der Waals surface area (Å²) in [5.41, 5.74) is 5.01. The minimum absolute atomic E-state index is 0.0951. The average Bonchev–Trinajstić information content (AvgIpc) is 3.42. The lowest BCUT2D eigenvalue weighted by atomic mass is 9.95. The number of rotatable bonds is 4. The van der Waals surface area contributed by atoms with E-state index in [4.69, 9.17) is 0 Å². The van der Waals surface area contributed by atoms with E-state index in [1.807, 2.05) is 60.9 Å². The molecule has 174 valence electrons. The van der Waals surface area contributed by atoms with Gasteiger partial charge in [-0.15, -0.1) is 11.3 Å². The molecule has 3 heterocycles. The molecule has 5 rings (SSSR count). The molecule has 0 bridgehead atoms. The smallest absolute Gasteiger partial charge is 0.339 e. The minimum Gasteiger partial charge on any atom is -0.478 e. The summed E-state index contributed by atoms with van der Waals surface area (Å²) in [7, 11) is 1.73. The molecule has 2 aliphatic rings. The zero-order valence-electron chi connectivity index (χ0n) is 19.3. The molecule has 1 saturated heterocycles. The number of aromatic nitrogens is 1. The maximum atomic E-state index is 12.9. The van der Waals surface area contributed by atoms with E-state index in [1.54, 1.807) is 23.3 Å². The van der Waals surface area contributed by atoms with Crippen molar-refractivity contribution in [2.75, 3.05) is 7.05 Å². The highest BCUT2D eigenvalue weighted by Gasteiger charge is 2.31. The van der Waals surface area contributed by atoms with E-state index in [1.165, 1.54) is 16.6 Å². The lowest BCUT2D eigenvalue weighted by molar-refractivity contribution is -0.121. The van der Waals surface area contributed by atoms with Crippen molar-refractivity contribution >= 4 is 51.9 Å². The third kappa shape index (κ3) is 3.91. The predicted molar refractivity (Wildman–Crippen MR) is 139 cm³/mol. The van der Waals surface area contributed by atoms with Gasteiger partial charge in [0.05, 0.1) is 16.2 Å². The zero-order chi connectivity index (χ0) is 24.0. The third-order valence-electron chi connectivity index (χ3n) is 6.31. The first-order valence-corrected chi connectivity index (χ1v) is 12.9. The van der Waals surface area contributed by atoms with Crippen LogP contribution in [0.15, 0.2) is 46.3 Å². The molecule has 1 aliphatic carbocycles. The first kappa shape index (κ1) is 22.7. The number of fused-ring (bicyclic) bond motifs is 1. The minimum atomic E-state index is -0.869. The summed E-state index contributed by atoms with van der Waals surface area (Å²) >= 11 is 2.95. The van der Waals surface area contributed by atoms with E-state index >= 15 is 0 Å². The Balaban J connectivity index is 1.54. The fourth-order valence-corrected chi connectivity index (χ4v) is 7.05. The van der Waals surface area contributed by atoms with Gasteiger partial charge in [-0.3, -0.25) is 9.69 Å². The zero-order valence-corrected chi connectivity index (χ0v) is 20.9. The van der Waals surface area contributed by atoms with Crippen molar-refractivity contribution in [2.24, 2.45) is 4.99 Å². The number of likely N-dealkylation sites (N-methyl/N-ethyl adjacent to an activating group) is 1. The number of thioether (sulfide) groups is 1. The standard InChI is InChI=1S/C26H25N3O3S2/c1-15-13-17(14-21-23(30)28(3)26(34-21)27-18-9-5-4-6-10-18)16(2)29(15)24-22(25(31)32)19-11-7-8-12-20(19)33-24/h4-6,9-10,13-14H,7-8,11-12H2,1-3H3,(H,31,32)/b21-14-,27-26?. The first-order valence-electron chi connectivity index (χ1n) is 11.2. The van der Waals surface area contributed by atoms with Crippen molar-refractivity contribution in [3.8, 4) is 5.00 Å². The number of carbonyl (C=O) groups excluding carboxylic acids is 1. The van der Waals surface area contributed by atoms with Crippen LogP contribution in [0, 0.1) is 13.8 Å². The fraction of sp³-hybridized carbons (Fsp3) is 0.269. The number of amides is 1. The van der Waals surface area contributed by atoms with Crippen LogP contribution in [0.2, 0.25) is 0 Å². The van der Waals surface area contributed by atoms with Crippen LogP contribution in [-0.2, 0) is 17.6 Å². The van der Waals surface area contributed by atoms with Gasteiger partial charge in [0.15, 0.2) is 5.17 Å². The molecular formula is C26H25N3O3S2. The lowest BCUT2D eigenvalue weighted by Gasteiger charge is -2.11. The van der Waals surface area contributed by atoms with Crippen molar-refractivity contribution in [1.29, 1.82) is 0 Å². The van der Waals surface area contributed by atoms with Gasteiger partial charge in [-0.2, -0.15) is 0 Å². The topological polar surface area (TPSA) is 74.9 Å². The van der Waals surface area contributed by atoms with Crippen LogP contribution in [0.1, 0.15) is 50.6 Å².